The van der Waals surface area contributed by atoms with Gasteiger partial charge in [0.15, 0.2) is 10.8 Å². The van der Waals surface area contributed by atoms with Gasteiger partial charge in [-0.25, -0.2) is 9.78 Å². The second kappa shape index (κ2) is 9.89. The van der Waals surface area contributed by atoms with E-state index in [9.17, 15) is 29.7 Å². The quantitative estimate of drug-likeness (QED) is 0.116. The standard InChI is InChI=1S/C19H15ClN6O7S2/c20-10-6-34-17-13(23-15(27)12(24-30)11-7-35-19(21)22-11)16(28)25(17)14(10)18(29)33-5-8-1-3-9(4-2-8)26(31)32/h1-4,7,13,17,30H,5-6H2,(H2,21,22)(H,23,27)/t13?,17-/m0/s1. The highest BCUT2D eigenvalue weighted by molar-refractivity contribution is 8.00. The number of nitro groups is 1. The first-order valence-electron chi connectivity index (χ1n) is 9.69. The molecule has 4 rings (SSSR count). The van der Waals surface area contributed by atoms with Gasteiger partial charge in [-0.1, -0.05) is 16.8 Å². The van der Waals surface area contributed by atoms with Gasteiger partial charge in [0, 0.05) is 23.3 Å². The number of hydrogen-bond donors (Lipinski definition) is 3. The van der Waals surface area contributed by atoms with E-state index in [1.807, 2.05) is 0 Å². The van der Waals surface area contributed by atoms with Crippen LogP contribution in [0.2, 0.25) is 0 Å². The van der Waals surface area contributed by atoms with Gasteiger partial charge < -0.3 is 21.0 Å². The molecular weight excluding hydrogens is 524 g/mol. The Hall–Kier alpha value is -3.69. The van der Waals surface area contributed by atoms with Crippen LogP contribution in [0.3, 0.4) is 0 Å². The zero-order valence-electron chi connectivity index (χ0n) is 17.4. The smallest absolute Gasteiger partial charge is 0.356 e. The monoisotopic (exact) mass is 538 g/mol. The molecule has 1 saturated heterocycles. The van der Waals surface area contributed by atoms with E-state index in [0.29, 0.717) is 5.56 Å². The van der Waals surface area contributed by atoms with Crippen molar-refractivity contribution in [2.75, 3.05) is 11.5 Å². The molecule has 182 valence electrons. The Balaban J connectivity index is 1.41. The number of nitro benzene ring substituents is 1. The number of oxime groups is 1. The number of benzene rings is 1. The number of non-ortho nitro benzene ring substituents is 1. The van der Waals surface area contributed by atoms with Crippen molar-refractivity contribution in [3.63, 3.8) is 0 Å². The normalized spacial score (nSPS) is 19.6. The molecule has 0 bridgehead atoms. The van der Waals surface area contributed by atoms with E-state index in [4.69, 9.17) is 22.1 Å². The van der Waals surface area contributed by atoms with Crippen molar-refractivity contribution in [3.8, 4) is 0 Å². The van der Waals surface area contributed by atoms with E-state index < -0.39 is 39.8 Å². The third-order valence-corrected chi connectivity index (χ3v) is 7.42. The molecule has 2 amide bonds. The molecule has 1 fully saturated rings. The highest BCUT2D eigenvalue weighted by atomic mass is 35.5. The van der Waals surface area contributed by atoms with E-state index in [1.165, 1.54) is 41.4 Å². The highest BCUT2D eigenvalue weighted by Crippen LogP contribution is 2.41. The van der Waals surface area contributed by atoms with Gasteiger partial charge in [0.25, 0.3) is 17.5 Å². The first kappa shape index (κ1) is 24.4. The molecule has 1 aromatic carbocycles. The molecular formula is C19H15ClN6O7S2. The van der Waals surface area contributed by atoms with Crippen molar-refractivity contribution in [1.29, 1.82) is 0 Å². The Morgan fingerprint density at radius 2 is 2.11 bits per heavy atom. The number of nitrogen functional groups attached to an aromatic ring is 1. The summed E-state index contributed by atoms with van der Waals surface area (Å²) >= 11 is 8.49. The fourth-order valence-electron chi connectivity index (χ4n) is 3.32. The molecule has 16 heteroatoms. The average molecular weight is 539 g/mol. The maximum absolute atomic E-state index is 12.8. The van der Waals surface area contributed by atoms with E-state index >= 15 is 0 Å². The molecule has 1 aromatic heterocycles. The maximum Gasteiger partial charge on any atom is 0.356 e. The number of hydrogen-bond acceptors (Lipinski definition) is 12. The van der Waals surface area contributed by atoms with Gasteiger partial charge in [-0.3, -0.25) is 24.6 Å². The number of thiazole rings is 1. The second-order valence-corrected chi connectivity index (χ2v) is 9.58. The number of ether oxygens (including phenoxy) is 1. The van der Waals surface area contributed by atoms with Crippen molar-refractivity contribution >= 4 is 69.0 Å². The Bertz CT molecular complexity index is 1280. The minimum Gasteiger partial charge on any atom is -0.456 e. The number of nitrogens with two attached hydrogens (primary N) is 1. The third-order valence-electron chi connectivity index (χ3n) is 5.00. The van der Waals surface area contributed by atoms with E-state index in [-0.39, 0.29) is 39.6 Å². The van der Waals surface area contributed by atoms with Crippen molar-refractivity contribution in [3.05, 3.63) is 61.7 Å². The van der Waals surface area contributed by atoms with Crippen molar-refractivity contribution in [1.82, 2.24) is 15.2 Å². The number of aromatic nitrogens is 1. The second-order valence-electron chi connectivity index (χ2n) is 7.13. The number of amides is 2. The summed E-state index contributed by atoms with van der Waals surface area (Å²) in [6.07, 6.45) is 0. The number of carbonyl (C=O) groups is 3. The number of carbonyl (C=O) groups excluding carboxylic acids is 3. The summed E-state index contributed by atoms with van der Waals surface area (Å²) < 4.78 is 5.26. The topological polar surface area (TPSA) is 190 Å². The molecule has 0 radical (unpaired) electrons. The van der Waals surface area contributed by atoms with E-state index in [1.54, 1.807) is 0 Å². The predicted molar refractivity (Wildman–Crippen MR) is 126 cm³/mol. The van der Waals surface area contributed by atoms with Crippen molar-refractivity contribution in [2.45, 2.75) is 18.0 Å². The van der Waals surface area contributed by atoms with Gasteiger partial charge in [0.1, 0.15) is 29.4 Å². The number of anilines is 1. The number of esters is 1. The molecule has 4 N–H and O–H groups in total. The van der Waals surface area contributed by atoms with E-state index in [2.05, 4.69) is 15.5 Å². The average Bonchev–Trinajstić information content (AvgIpc) is 3.27. The molecule has 2 aromatic rings. The Kier molecular flexibility index (Phi) is 6.90. The van der Waals surface area contributed by atoms with Crippen LogP contribution in [0.25, 0.3) is 0 Å². The number of thioether (sulfide) groups is 1. The summed E-state index contributed by atoms with van der Waals surface area (Å²) in [7, 11) is 0. The molecule has 3 heterocycles. The summed E-state index contributed by atoms with van der Waals surface area (Å²) in [4.78, 5) is 53.4. The van der Waals surface area contributed by atoms with Crippen molar-refractivity contribution in [2.24, 2.45) is 5.16 Å². The Morgan fingerprint density at radius 3 is 2.71 bits per heavy atom. The molecule has 35 heavy (non-hydrogen) atoms. The van der Waals surface area contributed by atoms with Gasteiger partial charge in [0.05, 0.1) is 9.96 Å². The zero-order chi connectivity index (χ0) is 25.3. The molecule has 0 aliphatic carbocycles. The van der Waals surface area contributed by atoms with Crippen LogP contribution in [-0.4, -0.2) is 60.7 Å². The molecule has 0 saturated carbocycles. The van der Waals surface area contributed by atoms with Gasteiger partial charge in [-0.2, -0.15) is 0 Å². The summed E-state index contributed by atoms with van der Waals surface area (Å²) in [5, 5.41) is 26.5. The molecule has 0 spiro atoms. The number of nitrogens with one attached hydrogen (secondary N) is 1. The molecule has 1 unspecified atom stereocenters. The summed E-state index contributed by atoms with van der Waals surface area (Å²) in [5.41, 5.74) is 5.43. The van der Waals surface area contributed by atoms with Crippen LogP contribution in [-0.2, 0) is 25.7 Å². The number of nitrogens with zero attached hydrogens (tertiary/aromatic N) is 4. The van der Waals surface area contributed by atoms with Crippen LogP contribution < -0.4 is 11.1 Å². The fourth-order valence-corrected chi connectivity index (χ4v) is 5.42. The number of fused-ring (bicyclic) bond motifs is 1. The number of rotatable bonds is 7. The lowest BCUT2D eigenvalue weighted by Gasteiger charge is -2.49. The van der Waals surface area contributed by atoms with E-state index in [0.717, 1.165) is 16.2 Å². The van der Waals surface area contributed by atoms with Crippen molar-refractivity contribution < 1.29 is 29.3 Å². The lowest BCUT2D eigenvalue weighted by atomic mass is 10.0. The molecule has 2 aliphatic heterocycles. The van der Waals surface area contributed by atoms with Gasteiger partial charge in [-0.15, -0.1) is 23.1 Å². The number of halogens is 1. The van der Waals surface area contributed by atoms with Crippen LogP contribution >= 0.6 is 34.7 Å². The largest absolute Gasteiger partial charge is 0.456 e. The first-order valence-corrected chi connectivity index (χ1v) is 12.0. The van der Waals surface area contributed by atoms with Gasteiger partial charge in [-0.05, 0) is 17.7 Å². The predicted octanol–water partition coefficient (Wildman–Crippen LogP) is 1.41. The lowest BCUT2D eigenvalue weighted by molar-refractivity contribution is -0.384. The Labute approximate surface area is 209 Å². The van der Waals surface area contributed by atoms with Crippen LogP contribution in [0.15, 0.2) is 45.5 Å². The van der Waals surface area contributed by atoms with Crippen LogP contribution in [0, 0.1) is 10.1 Å². The molecule has 13 nitrogen and oxygen atoms in total. The molecule has 2 aliphatic rings. The lowest BCUT2D eigenvalue weighted by Crippen LogP contribution is -2.71. The summed E-state index contributed by atoms with van der Waals surface area (Å²) in [6, 6.07) is 4.43. The van der Waals surface area contributed by atoms with Crippen LogP contribution in [0.5, 0.6) is 0 Å². The minimum absolute atomic E-state index is 0.0471. The van der Waals surface area contributed by atoms with Crippen LogP contribution in [0.1, 0.15) is 11.3 Å². The molecule has 2 atom stereocenters. The Morgan fingerprint density at radius 1 is 1.40 bits per heavy atom. The van der Waals surface area contributed by atoms with Crippen LogP contribution in [0.4, 0.5) is 10.8 Å². The summed E-state index contributed by atoms with van der Waals surface area (Å²) in [6.45, 7) is -0.197. The zero-order valence-corrected chi connectivity index (χ0v) is 19.8. The maximum atomic E-state index is 12.8. The highest BCUT2D eigenvalue weighted by Gasteiger charge is 2.54. The number of β-lactam (4-membered cyclic amide) rings is 1. The first-order chi connectivity index (χ1) is 16.7. The third kappa shape index (κ3) is 4.78. The summed E-state index contributed by atoms with van der Waals surface area (Å²) in [5.74, 6) is -2.12. The minimum atomic E-state index is -1.01. The van der Waals surface area contributed by atoms with Gasteiger partial charge in [0.2, 0.25) is 0 Å². The SMILES string of the molecule is Nc1nc(C(=NO)C(=O)NC2C(=O)N3C(C(=O)OCc4ccc([N+](=O)[O-])cc4)=C(Cl)CS[C@@H]23)cs1. The van der Waals surface area contributed by atoms with Gasteiger partial charge >= 0.3 is 5.97 Å². The fraction of sp³-hybridized carbons (Fsp3) is 0.211.